The highest BCUT2D eigenvalue weighted by molar-refractivity contribution is 5.85. The van der Waals surface area contributed by atoms with Gasteiger partial charge in [-0.15, -0.1) is 12.4 Å². The molecule has 0 fully saturated rings. The molecule has 0 radical (unpaired) electrons. The second-order valence-corrected chi connectivity index (χ2v) is 6.44. The summed E-state index contributed by atoms with van der Waals surface area (Å²) in [5, 5.41) is 9.94. The highest BCUT2D eigenvalue weighted by Gasteiger charge is 2.30. The van der Waals surface area contributed by atoms with Gasteiger partial charge in [0.1, 0.15) is 18.5 Å². The fraction of sp³-hybridized carbons (Fsp3) is 0.588. The van der Waals surface area contributed by atoms with Crippen molar-refractivity contribution >= 4 is 18.3 Å². The Morgan fingerprint density at radius 3 is 2.27 bits per heavy atom. The first-order chi connectivity index (χ1) is 11.5. The Morgan fingerprint density at radius 2 is 1.81 bits per heavy atom. The van der Waals surface area contributed by atoms with Crippen molar-refractivity contribution in [3.8, 4) is 5.75 Å². The Morgan fingerprint density at radius 1 is 1.27 bits per heavy atom. The van der Waals surface area contributed by atoms with Gasteiger partial charge in [-0.1, -0.05) is 13.8 Å². The van der Waals surface area contributed by atoms with Crippen molar-refractivity contribution in [1.29, 1.82) is 0 Å². The zero-order valence-electron chi connectivity index (χ0n) is 15.0. The van der Waals surface area contributed by atoms with Gasteiger partial charge in [0.15, 0.2) is 0 Å². The molecule has 1 aromatic rings. The van der Waals surface area contributed by atoms with Crippen LogP contribution in [0.25, 0.3) is 0 Å². The van der Waals surface area contributed by atoms with E-state index < -0.39 is 23.9 Å². The smallest absolute Gasteiger partial charge is 0.416 e. The number of halogens is 4. The van der Waals surface area contributed by atoms with Gasteiger partial charge < -0.3 is 20.5 Å². The summed E-state index contributed by atoms with van der Waals surface area (Å²) in [7, 11) is 1.53. The van der Waals surface area contributed by atoms with Gasteiger partial charge in [-0.25, -0.2) is 0 Å². The highest BCUT2D eigenvalue weighted by Crippen LogP contribution is 2.30. The molecule has 1 unspecified atom stereocenters. The number of likely N-dealkylation sites (N-methyl/N-ethyl adjacent to an activating group) is 1. The number of hydrogen-bond acceptors (Lipinski definition) is 4. The van der Waals surface area contributed by atoms with E-state index in [4.69, 9.17) is 10.5 Å². The molecule has 1 amide bonds. The maximum absolute atomic E-state index is 12.5. The van der Waals surface area contributed by atoms with Crippen molar-refractivity contribution in [2.24, 2.45) is 11.7 Å². The summed E-state index contributed by atoms with van der Waals surface area (Å²) >= 11 is 0. The second-order valence-electron chi connectivity index (χ2n) is 6.44. The Labute approximate surface area is 157 Å². The van der Waals surface area contributed by atoms with E-state index >= 15 is 0 Å². The number of carbonyl (C=O) groups excluding carboxylic acids is 1. The van der Waals surface area contributed by atoms with Crippen molar-refractivity contribution in [3.05, 3.63) is 29.8 Å². The van der Waals surface area contributed by atoms with Gasteiger partial charge in [0, 0.05) is 13.6 Å². The molecule has 9 heteroatoms. The van der Waals surface area contributed by atoms with E-state index in [1.54, 1.807) is 0 Å². The molecular formula is C17H26ClF3N2O3. The minimum Gasteiger partial charge on any atom is -0.491 e. The van der Waals surface area contributed by atoms with E-state index in [-0.39, 0.29) is 43.1 Å². The number of aliphatic hydroxyl groups excluding tert-OH is 1. The number of ether oxygens (including phenoxy) is 1. The van der Waals surface area contributed by atoms with E-state index in [9.17, 15) is 23.1 Å². The van der Waals surface area contributed by atoms with Crippen molar-refractivity contribution in [2.45, 2.75) is 38.6 Å². The van der Waals surface area contributed by atoms with Crippen LogP contribution >= 0.6 is 12.4 Å². The molecule has 1 rings (SSSR count). The zero-order chi connectivity index (χ0) is 19.2. The number of benzene rings is 1. The van der Waals surface area contributed by atoms with Crippen LogP contribution in [0.1, 0.15) is 25.8 Å². The maximum atomic E-state index is 12.5. The lowest BCUT2D eigenvalue weighted by molar-refractivity contribution is -0.137. The molecular weight excluding hydrogens is 373 g/mol. The Balaban J connectivity index is 0.00000625. The minimum absolute atomic E-state index is 0. The fourth-order valence-electron chi connectivity index (χ4n) is 2.28. The molecule has 0 aliphatic heterocycles. The van der Waals surface area contributed by atoms with Gasteiger partial charge in [0.05, 0.1) is 11.6 Å². The van der Waals surface area contributed by atoms with Gasteiger partial charge in [0.25, 0.3) is 0 Å². The van der Waals surface area contributed by atoms with E-state index in [0.29, 0.717) is 6.42 Å². The molecule has 0 heterocycles. The molecule has 0 aliphatic rings. The summed E-state index contributed by atoms with van der Waals surface area (Å²) in [6, 6.07) is 3.55. The molecule has 150 valence electrons. The lowest BCUT2D eigenvalue weighted by Crippen LogP contribution is -2.46. The summed E-state index contributed by atoms with van der Waals surface area (Å²) in [4.78, 5) is 13.4. The van der Waals surface area contributed by atoms with Gasteiger partial charge in [-0.2, -0.15) is 13.2 Å². The average Bonchev–Trinajstić information content (AvgIpc) is 2.51. The minimum atomic E-state index is -4.41. The molecule has 0 saturated heterocycles. The van der Waals surface area contributed by atoms with Crippen LogP contribution in [-0.4, -0.2) is 48.3 Å². The first-order valence-corrected chi connectivity index (χ1v) is 7.99. The summed E-state index contributed by atoms with van der Waals surface area (Å²) in [6.07, 6.45) is -4.85. The van der Waals surface area contributed by atoms with E-state index in [1.165, 1.54) is 24.1 Å². The second kappa shape index (κ2) is 10.6. The maximum Gasteiger partial charge on any atom is 0.416 e. The third kappa shape index (κ3) is 8.25. The number of nitrogens with zero attached hydrogens (tertiary/aromatic N) is 1. The van der Waals surface area contributed by atoms with Crippen LogP contribution in [-0.2, 0) is 11.0 Å². The molecule has 0 bridgehead atoms. The normalized spacial score (nSPS) is 13.7. The van der Waals surface area contributed by atoms with E-state index in [1.807, 2.05) is 13.8 Å². The predicted octanol–water partition coefficient (Wildman–Crippen LogP) is 2.70. The number of amides is 1. The number of hydrogen-bond donors (Lipinski definition) is 2. The standard InChI is InChI=1S/C17H25F3N2O3.ClH/c1-11(2)8-15(21)16(24)22(3)9-13(23)10-25-14-6-4-12(5-7-14)17(18,19)20;/h4-7,11,13,15,23H,8-10,21H2,1-3H3;1H/t13?,15-;/m0./s1. The SMILES string of the molecule is CC(C)C[C@H](N)C(=O)N(C)CC(O)COc1ccc(C(F)(F)F)cc1.Cl. The van der Waals surface area contributed by atoms with Crippen LogP contribution in [0.15, 0.2) is 24.3 Å². The molecule has 5 nitrogen and oxygen atoms in total. The molecule has 3 N–H and O–H groups in total. The number of aliphatic hydroxyl groups is 1. The van der Waals surface area contributed by atoms with Crippen molar-refractivity contribution in [1.82, 2.24) is 4.90 Å². The number of carbonyl (C=O) groups is 1. The fourth-order valence-corrected chi connectivity index (χ4v) is 2.28. The Kier molecular flexibility index (Phi) is 9.98. The topological polar surface area (TPSA) is 75.8 Å². The van der Waals surface area contributed by atoms with Gasteiger partial charge in [-0.05, 0) is 36.6 Å². The van der Waals surface area contributed by atoms with E-state index in [2.05, 4.69) is 0 Å². The third-order valence-electron chi connectivity index (χ3n) is 3.53. The summed E-state index contributed by atoms with van der Waals surface area (Å²) in [5.74, 6) is 0.208. The third-order valence-corrected chi connectivity index (χ3v) is 3.53. The number of nitrogens with two attached hydrogens (primary N) is 1. The van der Waals surface area contributed by atoms with Gasteiger partial charge >= 0.3 is 6.18 Å². The van der Waals surface area contributed by atoms with Gasteiger partial charge in [0.2, 0.25) is 5.91 Å². The Hall–Kier alpha value is -1.51. The summed E-state index contributed by atoms with van der Waals surface area (Å²) in [5.41, 5.74) is 5.04. The van der Waals surface area contributed by atoms with Gasteiger partial charge in [-0.3, -0.25) is 4.79 Å². The van der Waals surface area contributed by atoms with Crippen LogP contribution < -0.4 is 10.5 Å². The van der Waals surface area contributed by atoms with Crippen LogP contribution in [0.4, 0.5) is 13.2 Å². The van der Waals surface area contributed by atoms with Crippen LogP contribution in [0.3, 0.4) is 0 Å². The molecule has 2 atom stereocenters. The van der Waals surface area contributed by atoms with Crippen LogP contribution in [0.5, 0.6) is 5.75 Å². The van der Waals surface area contributed by atoms with E-state index in [0.717, 1.165) is 12.1 Å². The summed E-state index contributed by atoms with van der Waals surface area (Å²) < 4.78 is 42.7. The lowest BCUT2D eigenvalue weighted by Gasteiger charge is -2.24. The molecule has 0 aromatic heterocycles. The molecule has 0 aliphatic carbocycles. The van der Waals surface area contributed by atoms with Crippen molar-refractivity contribution in [3.63, 3.8) is 0 Å². The molecule has 26 heavy (non-hydrogen) atoms. The Bertz CT molecular complexity index is 553. The first-order valence-electron chi connectivity index (χ1n) is 7.99. The number of rotatable bonds is 8. The molecule has 1 aromatic carbocycles. The lowest BCUT2D eigenvalue weighted by atomic mass is 10.0. The quantitative estimate of drug-likeness (QED) is 0.706. The predicted molar refractivity (Wildman–Crippen MR) is 95.3 cm³/mol. The first kappa shape index (κ1) is 24.5. The van der Waals surface area contributed by atoms with Crippen molar-refractivity contribution in [2.75, 3.05) is 20.2 Å². The highest BCUT2D eigenvalue weighted by atomic mass is 35.5. The van der Waals surface area contributed by atoms with Crippen molar-refractivity contribution < 1.29 is 27.8 Å². The monoisotopic (exact) mass is 398 g/mol. The van der Waals surface area contributed by atoms with Crippen LogP contribution in [0.2, 0.25) is 0 Å². The average molecular weight is 399 g/mol. The molecule has 0 saturated carbocycles. The largest absolute Gasteiger partial charge is 0.491 e. The van der Waals surface area contributed by atoms with Crippen LogP contribution in [0, 0.1) is 5.92 Å². The zero-order valence-corrected chi connectivity index (χ0v) is 15.8. The molecule has 0 spiro atoms. The summed E-state index contributed by atoms with van der Waals surface area (Å²) in [6.45, 7) is 3.79. The number of alkyl halides is 3.